The third-order valence-corrected chi connectivity index (χ3v) is 2.96. The number of hydrogen-bond donors (Lipinski definition) is 0. The van der Waals surface area contributed by atoms with Crippen molar-refractivity contribution in [3.8, 4) is 0 Å². The topological polar surface area (TPSA) is 3.24 Å². The number of piperidine rings is 1. The molecular formula is C10H21N. The second-order valence-corrected chi connectivity index (χ2v) is 4.01. The summed E-state index contributed by atoms with van der Waals surface area (Å²) in [5.74, 6) is 1.94. The van der Waals surface area contributed by atoms with Crippen molar-refractivity contribution in [2.45, 2.75) is 33.1 Å². The Balaban J connectivity index is 2.37. The van der Waals surface area contributed by atoms with Gasteiger partial charge in [-0.05, 0) is 25.3 Å². The van der Waals surface area contributed by atoms with E-state index in [0.717, 1.165) is 11.8 Å². The molecule has 1 heterocycles. The minimum atomic E-state index is 0.971. The van der Waals surface area contributed by atoms with Crippen LogP contribution in [-0.2, 0) is 0 Å². The van der Waals surface area contributed by atoms with Gasteiger partial charge in [0.05, 0.1) is 0 Å². The average molecular weight is 155 g/mol. The van der Waals surface area contributed by atoms with Crippen molar-refractivity contribution in [3.05, 3.63) is 0 Å². The van der Waals surface area contributed by atoms with Crippen LogP contribution in [0.15, 0.2) is 0 Å². The second kappa shape index (κ2) is 4.10. The van der Waals surface area contributed by atoms with E-state index in [0.29, 0.717) is 0 Å². The van der Waals surface area contributed by atoms with E-state index in [1.807, 2.05) is 0 Å². The highest BCUT2D eigenvalue weighted by Gasteiger charge is 2.22. The van der Waals surface area contributed by atoms with Crippen LogP contribution in [0.4, 0.5) is 0 Å². The zero-order valence-electron chi connectivity index (χ0n) is 8.14. The highest BCUT2D eigenvalue weighted by molar-refractivity contribution is 4.75. The summed E-state index contributed by atoms with van der Waals surface area (Å²) in [4.78, 5) is 2.49. The lowest BCUT2D eigenvalue weighted by molar-refractivity contribution is 0.146. The van der Waals surface area contributed by atoms with E-state index in [1.165, 1.54) is 32.4 Å². The minimum absolute atomic E-state index is 0.971. The predicted octanol–water partition coefficient (Wildman–Crippen LogP) is 2.37. The van der Waals surface area contributed by atoms with Gasteiger partial charge in [-0.2, -0.15) is 0 Å². The molecule has 0 bridgehead atoms. The molecule has 1 heteroatoms. The molecule has 0 aromatic heterocycles. The molecule has 0 saturated carbocycles. The van der Waals surface area contributed by atoms with E-state index < -0.39 is 0 Å². The van der Waals surface area contributed by atoms with E-state index in [2.05, 4.69) is 25.8 Å². The fourth-order valence-electron chi connectivity index (χ4n) is 2.17. The summed E-state index contributed by atoms with van der Waals surface area (Å²) in [6.07, 6.45) is 4.19. The minimum Gasteiger partial charge on any atom is -0.306 e. The molecule has 1 nitrogen and oxygen atoms in total. The first-order valence-electron chi connectivity index (χ1n) is 4.94. The Morgan fingerprint density at radius 3 is 1.91 bits per heavy atom. The molecule has 0 amide bonds. The standard InChI is InChI=1S/C10H21N/c1-4-9-6-10(5-2)8-11(3)7-9/h9-10H,4-8H2,1-3H3. The number of nitrogens with zero attached hydrogens (tertiary/aromatic N) is 1. The lowest BCUT2D eigenvalue weighted by Crippen LogP contribution is -2.37. The molecule has 0 aromatic carbocycles. The quantitative estimate of drug-likeness (QED) is 0.592. The molecular weight excluding hydrogens is 134 g/mol. The third-order valence-electron chi connectivity index (χ3n) is 2.96. The molecule has 1 saturated heterocycles. The van der Waals surface area contributed by atoms with Gasteiger partial charge in [0.2, 0.25) is 0 Å². The molecule has 0 aromatic rings. The molecule has 2 atom stereocenters. The monoisotopic (exact) mass is 155 g/mol. The fourth-order valence-corrected chi connectivity index (χ4v) is 2.17. The molecule has 2 unspecified atom stereocenters. The van der Waals surface area contributed by atoms with E-state index in [1.54, 1.807) is 0 Å². The number of hydrogen-bond acceptors (Lipinski definition) is 1. The summed E-state index contributed by atoms with van der Waals surface area (Å²) >= 11 is 0. The first kappa shape index (κ1) is 9.05. The van der Waals surface area contributed by atoms with Crippen LogP contribution in [0, 0.1) is 11.8 Å². The Labute approximate surface area is 70.8 Å². The maximum absolute atomic E-state index is 2.49. The normalized spacial score (nSPS) is 34.1. The molecule has 0 N–H and O–H groups in total. The van der Waals surface area contributed by atoms with Gasteiger partial charge in [0.1, 0.15) is 0 Å². The van der Waals surface area contributed by atoms with E-state index in [-0.39, 0.29) is 0 Å². The predicted molar refractivity (Wildman–Crippen MR) is 49.7 cm³/mol. The maximum Gasteiger partial charge on any atom is 0.000673 e. The van der Waals surface area contributed by atoms with Gasteiger partial charge in [-0.1, -0.05) is 26.7 Å². The molecule has 0 aliphatic carbocycles. The fraction of sp³-hybridized carbons (Fsp3) is 1.00. The van der Waals surface area contributed by atoms with Gasteiger partial charge in [0.25, 0.3) is 0 Å². The van der Waals surface area contributed by atoms with Crippen molar-refractivity contribution < 1.29 is 0 Å². The van der Waals surface area contributed by atoms with Crippen LogP contribution in [0.5, 0.6) is 0 Å². The van der Waals surface area contributed by atoms with Crippen LogP contribution < -0.4 is 0 Å². The highest BCUT2D eigenvalue weighted by Crippen LogP contribution is 2.24. The number of likely N-dealkylation sites (tertiary alicyclic amines) is 1. The van der Waals surface area contributed by atoms with Gasteiger partial charge >= 0.3 is 0 Å². The van der Waals surface area contributed by atoms with Gasteiger partial charge in [0, 0.05) is 13.1 Å². The van der Waals surface area contributed by atoms with Gasteiger partial charge in [-0.25, -0.2) is 0 Å². The van der Waals surface area contributed by atoms with Gasteiger partial charge in [0.15, 0.2) is 0 Å². The maximum atomic E-state index is 2.49. The summed E-state index contributed by atoms with van der Waals surface area (Å²) in [5.41, 5.74) is 0. The van der Waals surface area contributed by atoms with Gasteiger partial charge in [-0.15, -0.1) is 0 Å². The molecule has 0 spiro atoms. The van der Waals surface area contributed by atoms with Crippen molar-refractivity contribution in [1.82, 2.24) is 4.90 Å². The van der Waals surface area contributed by atoms with Crippen LogP contribution in [0.1, 0.15) is 33.1 Å². The Morgan fingerprint density at radius 2 is 1.55 bits per heavy atom. The van der Waals surface area contributed by atoms with E-state index >= 15 is 0 Å². The van der Waals surface area contributed by atoms with Crippen LogP contribution in [0.25, 0.3) is 0 Å². The summed E-state index contributed by atoms with van der Waals surface area (Å²) in [7, 11) is 2.25. The molecule has 1 fully saturated rings. The van der Waals surface area contributed by atoms with Crippen molar-refractivity contribution in [2.24, 2.45) is 11.8 Å². The van der Waals surface area contributed by atoms with Crippen LogP contribution in [0.2, 0.25) is 0 Å². The number of rotatable bonds is 2. The molecule has 11 heavy (non-hydrogen) atoms. The van der Waals surface area contributed by atoms with Crippen LogP contribution in [0.3, 0.4) is 0 Å². The Hall–Kier alpha value is -0.0400. The molecule has 66 valence electrons. The van der Waals surface area contributed by atoms with Crippen molar-refractivity contribution in [2.75, 3.05) is 20.1 Å². The van der Waals surface area contributed by atoms with Crippen molar-refractivity contribution >= 4 is 0 Å². The summed E-state index contributed by atoms with van der Waals surface area (Å²) < 4.78 is 0. The SMILES string of the molecule is CCC1CC(CC)CN(C)C1. The molecule has 0 radical (unpaired) electrons. The van der Waals surface area contributed by atoms with Gasteiger partial charge < -0.3 is 4.90 Å². The smallest absolute Gasteiger partial charge is 0.000673 e. The Bertz CT molecular complexity index is 99.4. The van der Waals surface area contributed by atoms with Crippen molar-refractivity contribution in [3.63, 3.8) is 0 Å². The molecule has 1 aliphatic rings. The van der Waals surface area contributed by atoms with Crippen LogP contribution >= 0.6 is 0 Å². The van der Waals surface area contributed by atoms with Crippen molar-refractivity contribution in [1.29, 1.82) is 0 Å². The Morgan fingerprint density at radius 1 is 1.09 bits per heavy atom. The first-order chi connectivity index (χ1) is 5.26. The first-order valence-corrected chi connectivity index (χ1v) is 4.94. The zero-order chi connectivity index (χ0) is 8.27. The summed E-state index contributed by atoms with van der Waals surface area (Å²) in [6, 6.07) is 0. The lowest BCUT2D eigenvalue weighted by atomic mass is 9.86. The average Bonchev–Trinajstić information content (AvgIpc) is 2.03. The lowest BCUT2D eigenvalue weighted by Gasteiger charge is -2.34. The summed E-state index contributed by atoms with van der Waals surface area (Å²) in [6.45, 7) is 7.28. The third kappa shape index (κ3) is 2.48. The summed E-state index contributed by atoms with van der Waals surface area (Å²) in [5, 5.41) is 0. The van der Waals surface area contributed by atoms with E-state index in [9.17, 15) is 0 Å². The highest BCUT2D eigenvalue weighted by atomic mass is 15.1. The molecule has 1 rings (SSSR count). The molecule has 1 aliphatic heterocycles. The van der Waals surface area contributed by atoms with Gasteiger partial charge in [-0.3, -0.25) is 0 Å². The largest absolute Gasteiger partial charge is 0.306 e. The zero-order valence-corrected chi connectivity index (χ0v) is 8.14. The van der Waals surface area contributed by atoms with Crippen LogP contribution in [-0.4, -0.2) is 25.0 Å². The second-order valence-electron chi connectivity index (χ2n) is 4.01. The Kier molecular flexibility index (Phi) is 3.38. The van der Waals surface area contributed by atoms with E-state index in [4.69, 9.17) is 0 Å².